The van der Waals surface area contributed by atoms with Crippen molar-refractivity contribution in [3.8, 4) is 5.75 Å². The first-order valence-electron chi connectivity index (χ1n) is 7.33. The number of nitrogens with one attached hydrogen (secondary N) is 1. The van der Waals surface area contributed by atoms with E-state index in [0.29, 0.717) is 11.8 Å². The summed E-state index contributed by atoms with van der Waals surface area (Å²) in [5.74, 6) is 1.13. The van der Waals surface area contributed by atoms with Crippen molar-refractivity contribution in [2.75, 3.05) is 26.7 Å². The lowest BCUT2D eigenvalue weighted by atomic mass is 9.98. The van der Waals surface area contributed by atoms with Crippen molar-refractivity contribution in [3.05, 3.63) is 29.8 Å². The van der Waals surface area contributed by atoms with Crippen LogP contribution in [0.1, 0.15) is 25.3 Å². The molecular formula is C16H26N2O. The quantitative estimate of drug-likeness (QED) is 0.854. The Hall–Kier alpha value is -1.06. The average molecular weight is 262 g/mol. The van der Waals surface area contributed by atoms with Crippen LogP contribution in [0.2, 0.25) is 0 Å². The number of nitrogens with zero attached hydrogens (tertiary/aromatic N) is 1. The molecule has 3 nitrogen and oxygen atoms in total. The maximum atomic E-state index is 9.27. The molecule has 0 amide bonds. The Morgan fingerprint density at radius 2 is 2.11 bits per heavy atom. The van der Waals surface area contributed by atoms with E-state index in [1.807, 2.05) is 12.1 Å². The fraction of sp³-hybridized carbons (Fsp3) is 0.625. The third-order valence-corrected chi connectivity index (χ3v) is 3.96. The molecule has 3 heteroatoms. The van der Waals surface area contributed by atoms with Gasteiger partial charge in [-0.15, -0.1) is 0 Å². The van der Waals surface area contributed by atoms with Crippen LogP contribution in [0, 0.1) is 5.92 Å². The maximum Gasteiger partial charge on any atom is 0.115 e. The monoisotopic (exact) mass is 262 g/mol. The molecule has 19 heavy (non-hydrogen) atoms. The third kappa shape index (κ3) is 4.84. The van der Waals surface area contributed by atoms with E-state index in [9.17, 15) is 5.11 Å². The summed E-state index contributed by atoms with van der Waals surface area (Å²) in [4.78, 5) is 2.43. The molecule has 1 heterocycles. The average Bonchev–Trinajstić information content (AvgIpc) is 2.39. The normalized spacial score (nSPS) is 22.3. The molecule has 1 aliphatic rings. The Bertz CT molecular complexity index is 377. The highest BCUT2D eigenvalue weighted by molar-refractivity contribution is 5.26. The molecule has 2 atom stereocenters. The SMILES string of the molecule is CC(Cc1ccc(O)cc1)NCC1CCCN(C)C1. The van der Waals surface area contributed by atoms with Crippen LogP contribution in [0.4, 0.5) is 0 Å². The van der Waals surface area contributed by atoms with E-state index >= 15 is 0 Å². The van der Waals surface area contributed by atoms with E-state index in [2.05, 4.69) is 24.2 Å². The summed E-state index contributed by atoms with van der Waals surface area (Å²) in [6, 6.07) is 8.01. The van der Waals surface area contributed by atoms with E-state index in [1.54, 1.807) is 12.1 Å². The van der Waals surface area contributed by atoms with Crippen LogP contribution in [0.25, 0.3) is 0 Å². The minimum absolute atomic E-state index is 0.342. The molecule has 2 rings (SSSR count). The second-order valence-corrected chi connectivity index (χ2v) is 5.95. The van der Waals surface area contributed by atoms with E-state index < -0.39 is 0 Å². The lowest BCUT2D eigenvalue weighted by molar-refractivity contribution is 0.203. The molecule has 0 radical (unpaired) electrons. The van der Waals surface area contributed by atoms with Crippen LogP contribution in [0.3, 0.4) is 0 Å². The third-order valence-electron chi connectivity index (χ3n) is 3.96. The summed E-state index contributed by atoms with van der Waals surface area (Å²) in [6.45, 7) is 5.82. The first kappa shape index (κ1) is 14.4. The molecule has 0 aromatic heterocycles. The van der Waals surface area contributed by atoms with Gasteiger partial charge in [-0.1, -0.05) is 12.1 Å². The molecule has 2 N–H and O–H groups in total. The number of hydrogen-bond acceptors (Lipinski definition) is 3. The predicted octanol–water partition coefficient (Wildman–Crippen LogP) is 2.25. The van der Waals surface area contributed by atoms with E-state index in [4.69, 9.17) is 0 Å². The van der Waals surface area contributed by atoms with Crippen LogP contribution >= 0.6 is 0 Å². The van der Waals surface area contributed by atoms with Crippen molar-refractivity contribution in [1.29, 1.82) is 0 Å². The largest absolute Gasteiger partial charge is 0.508 e. The molecule has 0 saturated carbocycles. The van der Waals surface area contributed by atoms with Gasteiger partial charge in [0.1, 0.15) is 5.75 Å². The summed E-state index contributed by atoms with van der Waals surface area (Å²) in [6.07, 6.45) is 3.70. The molecule has 106 valence electrons. The first-order valence-corrected chi connectivity index (χ1v) is 7.33. The van der Waals surface area contributed by atoms with Gasteiger partial charge < -0.3 is 15.3 Å². The number of phenols is 1. The maximum absolute atomic E-state index is 9.27. The topological polar surface area (TPSA) is 35.5 Å². The highest BCUT2D eigenvalue weighted by Crippen LogP contribution is 2.15. The first-order chi connectivity index (χ1) is 9.13. The summed E-state index contributed by atoms with van der Waals surface area (Å²) >= 11 is 0. The fourth-order valence-electron chi connectivity index (χ4n) is 2.87. The van der Waals surface area contributed by atoms with Gasteiger partial charge in [0.05, 0.1) is 0 Å². The molecule has 1 aromatic carbocycles. The number of benzene rings is 1. The van der Waals surface area contributed by atoms with Gasteiger partial charge in [0.25, 0.3) is 0 Å². The van der Waals surface area contributed by atoms with Gasteiger partial charge in [-0.25, -0.2) is 0 Å². The number of rotatable bonds is 5. The van der Waals surface area contributed by atoms with Crippen LogP contribution in [-0.2, 0) is 6.42 Å². The smallest absolute Gasteiger partial charge is 0.115 e. The van der Waals surface area contributed by atoms with Crippen molar-refractivity contribution in [2.45, 2.75) is 32.2 Å². The van der Waals surface area contributed by atoms with Crippen molar-refractivity contribution >= 4 is 0 Å². The van der Waals surface area contributed by atoms with Gasteiger partial charge >= 0.3 is 0 Å². The van der Waals surface area contributed by atoms with Crippen LogP contribution in [0.5, 0.6) is 5.75 Å². The second kappa shape index (κ2) is 6.92. The van der Waals surface area contributed by atoms with E-state index in [1.165, 1.54) is 31.5 Å². The minimum Gasteiger partial charge on any atom is -0.508 e. The highest BCUT2D eigenvalue weighted by Gasteiger charge is 2.17. The fourth-order valence-corrected chi connectivity index (χ4v) is 2.87. The molecule has 2 unspecified atom stereocenters. The standard InChI is InChI=1S/C16H26N2O/c1-13(10-14-5-7-16(19)8-6-14)17-11-15-4-3-9-18(2)12-15/h5-8,13,15,17,19H,3-4,9-12H2,1-2H3. The highest BCUT2D eigenvalue weighted by atomic mass is 16.3. The van der Waals surface area contributed by atoms with Gasteiger partial charge in [-0.05, 0) is 69.9 Å². The zero-order valence-electron chi connectivity index (χ0n) is 12.1. The molecule has 0 bridgehead atoms. The number of phenolic OH excluding ortho intramolecular Hbond substituents is 1. The Labute approximate surface area is 116 Å². The molecule has 1 aromatic rings. The summed E-state index contributed by atoms with van der Waals surface area (Å²) < 4.78 is 0. The number of likely N-dealkylation sites (tertiary alicyclic amines) is 1. The zero-order chi connectivity index (χ0) is 13.7. The summed E-state index contributed by atoms with van der Waals surface area (Å²) in [5.41, 5.74) is 1.28. The second-order valence-electron chi connectivity index (χ2n) is 5.95. The molecular weight excluding hydrogens is 236 g/mol. The molecule has 1 fully saturated rings. The van der Waals surface area contributed by atoms with Crippen LogP contribution < -0.4 is 5.32 Å². The Morgan fingerprint density at radius 1 is 1.37 bits per heavy atom. The van der Waals surface area contributed by atoms with E-state index in [0.717, 1.165) is 18.9 Å². The van der Waals surface area contributed by atoms with Crippen molar-refractivity contribution in [1.82, 2.24) is 10.2 Å². The van der Waals surface area contributed by atoms with Crippen molar-refractivity contribution < 1.29 is 5.11 Å². The van der Waals surface area contributed by atoms with Crippen molar-refractivity contribution in [2.24, 2.45) is 5.92 Å². The number of piperidine rings is 1. The summed E-state index contributed by atoms with van der Waals surface area (Å²) in [5, 5.41) is 12.9. The van der Waals surface area contributed by atoms with Gasteiger partial charge in [-0.2, -0.15) is 0 Å². The Kier molecular flexibility index (Phi) is 5.23. The Balaban J connectivity index is 1.72. The van der Waals surface area contributed by atoms with Gasteiger partial charge in [0, 0.05) is 12.6 Å². The van der Waals surface area contributed by atoms with Gasteiger partial charge in [0.2, 0.25) is 0 Å². The lowest BCUT2D eigenvalue weighted by Crippen LogP contribution is -2.40. The number of hydrogen-bond donors (Lipinski definition) is 2. The lowest BCUT2D eigenvalue weighted by Gasteiger charge is -2.30. The minimum atomic E-state index is 0.342. The van der Waals surface area contributed by atoms with Crippen molar-refractivity contribution in [3.63, 3.8) is 0 Å². The Morgan fingerprint density at radius 3 is 2.79 bits per heavy atom. The zero-order valence-corrected chi connectivity index (χ0v) is 12.1. The van der Waals surface area contributed by atoms with Crippen LogP contribution in [0.15, 0.2) is 24.3 Å². The predicted molar refractivity (Wildman–Crippen MR) is 79.5 cm³/mol. The molecule has 0 aliphatic carbocycles. The van der Waals surface area contributed by atoms with E-state index in [-0.39, 0.29) is 0 Å². The van der Waals surface area contributed by atoms with Gasteiger partial charge in [0.15, 0.2) is 0 Å². The van der Waals surface area contributed by atoms with Gasteiger partial charge in [-0.3, -0.25) is 0 Å². The summed E-state index contributed by atoms with van der Waals surface area (Å²) in [7, 11) is 2.21. The number of aromatic hydroxyl groups is 1. The molecule has 0 spiro atoms. The van der Waals surface area contributed by atoms with Crippen LogP contribution in [-0.4, -0.2) is 42.7 Å². The molecule has 1 aliphatic heterocycles. The molecule has 1 saturated heterocycles.